The van der Waals surface area contributed by atoms with E-state index >= 15 is 0 Å². The van der Waals surface area contributed by atoms with Gasteiger partial charge in [0.1, 0.15) is 5.69 Å². The molecule has 0 atom stereocenters. The minimum Gasteiger partial charge on any atom is -0.336 e. The summed E-state index contributed by atoms with van der Waals surface area (Å²) >= 11 is 1.87. The summed E-state index contributed by atoms with van der Waals surface area (Å²) in [4.78, 5) is 19.1. The lowest BCUT2D eigenvalue weighted by molar-refractivity contribution is 0.0767. The number of carbonyl (C=O) groups excluding carboxylic acids is 1. The summed E-state index contributed by atoms with van der Waals surface area (Å²) in [6.07, 6.45) is 3.46. The Bertz CT molecular complexity index is 901. The number of thioether (sulfide) groups is 1. The molecule has 132 valence electrons. The molecule has 1 aromatic carbocycles. The van der Waals surface area contributed by atoms with Crippen LogP contribution in [0, 0.1) is 6.92 Å². The molecule has 0 spiro atoms. The molecule has 6 nitrogen and oxygen atoms in total. The zero-order valence-corrected chi connectivity index (χ0v) is 15.3. The molecule has 26 heavy (non-hydrogen) atoms. The molecule has 3 heterocycles. The van der Waals surface area contributed by atoms with Crippen molar-refractivity contribution in [3.8, 4) is 16.9 Å². The summed E-state index contributed by atoms with van der Waals surface area (Å²) < 4.78 is 1.72. The van der Waals surface area contributed by atoms with E-state index in [0.29, 0.717) is 11.4 Å². The summed E-state index contributed by atoms with van der Waals surface area (Å²) in [5, 5.41) is 8.55. The van der Waals surface area contributed by atoms with Gasteiger partial charge in [0.2, 0.25) is 0 Å². The number of pyridine rings is 1. The maximum absolute atomic E-state index is 13.1. The van der Waals surface area contributed by atoms with Crippen molar-refractivity contribution in [1.82, 2.24) is 24.9 Å². The number of hydrogen-bond donors (Lipinski definition) is 0. The number of carbonyl (C=O) groups is 1. The zero-order valence-electron chi connectivity index (χ0n) is 14.5. The molecule has 0 unspecified atom stereocenters. The molecule has 1 aliphatic rings. The van der Waals surface area contributed by atoms with E-state index < -0.39 is 0 Å². The highest BCUT2D eigenvalue weighted by Crippen LogP contribution is 2.26. The second-order valence-corrected chi connectivity index (χ2v) is 7.41. The highest BCUT2D eigenvalue weighted by molar-refractivity contribution is 7.99. The van der Waals surface area contributed by atoms with Crippen molar-refractivity contribution in [3.05, 3.63) is 60.0 Å². The maximum Gasteiger partial charge on any atom is 0.276 e. The summed E-state index contributed by atoms with van der Waals surface area (Å²) in [7, 11) is 0. The van der Waals surface area contributed by atoms with Crippen molar-refractivity contribution < 1.29 is 4.79 Å². The van der Waals surface area contributed by atoms with Crippen molar-refractivity contribution in [1.29, 1.82) is 0 Å². The Morgan fingerprint density at radius 3 is 2.58 bits per heavy atom. The van der Waals surface area contributed by atoms with Gasteiger partial charge in [-0.05, 0) is 31.2 Å². The van der Waals surface area contributed by atoms with Gasteiger partial charge in [-0.3, -0.25) is 9.78 Å². The van der Waals surface area contributed by atoms with Gasteiger partial charge in [-0.25, -0.2) is 4.68 Å². The highest BCUT2D eigenvalue weighted by atomic mass is 32.2. The fourth-order valence-electron chi connectivity index (χ4n) is 2.97. The van der Waals surface area contributed by atoms with Crippen molar-refractivity contribution in [2.45, 2.75) is 6.92 Å². The van der Waals surface area contributed by atoms with Crippen LogP contribution in [-0.4, -0.2) is 55.4 Å². The van der Waals surface area contributed by atoms with Crippen LogP contribution in [0.15, 0.2) is 48.8 Å². The van der Waals surface area contributed by atoms with Gasteiger partial charge in [0.05, 0.1) is 5.69 Å². The molecule has 1 saturated heterocycles. The molecule has 1 amide bonds. The van der Waals surface area contributed by atoms with E-state index in [2.05, 4.69) is 15.3 Å². The molecule has 0 bridgehead atoms. The van der Waals surface area contributed by atoms with Crippen molar-refractivity contribution in [2.75, 3.05) is 24.6 Å². The quantitative estimate of drug-likeness (QED) is 0.714. The Labute approximate surface area is 156 Å². The number of hydrogen-bond acceptors (Lipinski definition) is 5. The summed E-state index contributed by atoms with van der Waals surface area (Å²) in [5.74, 6) is 1.85. The van der Waals surface area contributed by atoms with E-state index in [-0.39, 0.29) is 5.91 Å². The lowest BCUT2D eigenvalue weighted by atomic mass is 10.1. The van der Waals surface area contributed by atoms with E-state index in [4.69, 9.17) is 0 Å². The smallest absolute Gasteiger partial charge is 0.276 e. The fourth-order valence-corrected chi connectivity index (χ4v) is 3.87. The summed E-state index contributed by atoms with van der Waals surface area (Å²) in [6, 6.07) is 11.8. The van der Waals surface area contributed by atoms with Crippen LogP contribution < -0.4 is 0 Å². The molecule has 0 saturated carbocycles. The predicted molar refractivity (Wildman–Crippen MR) is 103 cm³/mol. The second-order valence-electron chi connectivity index (χ2n) is 6.18. The Morgan fingerprint density at radius 1 is 1.12 bits per heavy atom. The van der Waals surface area contributed by atoms with Crippen LogP contribution in [0.1, 0.15) is 16.1 Å². The van der Waals surface area contributed by atoms with E-state index in [1.165, 1.54) is 5.56 Å². The van der Waals surface area contributed by atoms with Gasteiger partial charge < -0.3 is 4.90 Å². The van der Waals surface area contributed by atoms with E-state index in [9.17, 15) is 4.79 Å². The van der Waals surface area contributed by atoms with Gasteiger partial charge in [0.15, 0.2) is 5.69 Å². The molecular formula is C19H19N5OS. The third kappa shape index (κ3) is 3.22. The minimum atomic E-state index is -0.0671. The van der Waals surface area contributed by atoms with Gasteiger partial charge in [0, 0.05) is 42.6 Å². The lowest BCUT2D eigenvalue weighted by Crippen LogP contribution is -2.38. The zero-order chi connectivity index (χ0) is 17.9. The number of aryl methyl sites for hydroxylation is 1. The SMILES string of the molecule is Cc1ccc(-n2nnc(C(=O)N3CCSCC3)c2-c2cccnc2)cc1. The van der Waals surface area contributed by atoms with Gasteiger partial charge in [-0.2, -0.15) is 11.8 Å². The molecule has 7 heteroatoms. The van der Waals surface area contributed by atoms with Gasteiger partial charge in [-0.15, -0.1) is 5.10 Å². The first-order valence-corrected chi connectivity index (χ1v) is 9.69. The topological polar surface area (TPSA) is 63.9 Å². The highest BCUT2D eigenvalue weighted by Gasteiger charge is 2.27. The van der Waals surface area contributed by atoms with Crippen LogP contribution in [0.4, 0.5) is 0 Å². The Balaban J connectivity index is 1.82. The number of aromatic nitrogens is 4. The minimum absolute atomic E-state index is 0.0671. The Morgan fingerprint density at radius 2 is 1.88 bits per heavy atom. The predicted octanol–water partition coefficient (Wildman–Crippen LogP) is 2.83. The fraction of sp³-hybridized carbons (Fsp3) is 0.263. The molecule has 3 aromatic rings. The molecule has 0 radical (unpaired) electrons. The Kier molecular flexibility index (Phi) is 4.71. The third-order valence-electron chi connectivity index (χ3n) is 4.38. The van der Waals surface area contributed by atoms with Crippen LogP contribution in [-0.2, 0) is 0 Å². The first-order chi connectivity index (χ1) is 12.7. The molecule has 4 rings (SSSR count). The van der Waals surface area contributed by atoms with Gasteiger partial charge in [0.25, 0.3) is 5.91 Å². The van der Waals surface area contributed by atoms with Gasteiger partial charge >= 0.3 is 0 Å². The van der Waals surface area contributed by atoms with E-state index in [1.807, 2.05) is 60.0 Å². The third-order valence-corrected chi connectivity index (χ3v) is 5.33. The lowest BCUT2D eigenvalue weighted by Gasteiger charge is -2.25. The van der Waals surface area contributed by atoms with Crippen molar-refractivity contribution >= 4 is 17.7 Å². The monoisotopic (exact) mass is 365 g/mol. The van der Waals surface area contributed by atoms with E-state index in [1.54, 1.807) is 17.1 Å². The van der Waals surface area contributed by atoms with Crippen LogP contribution in [0.25, 0.3) is 16.9 Å². The van der Waals surface area contributed by atoms with Crippen LogP contribution in [0.2, 0.25) is 0 Å². The molecule has 0 N–H and O–H groups in total. The molecule has 2 aromatic heterocycles. The largest absolute Gasteiger partial charge is 0.336 e. The second kappa shape index (κ2) is 7.29. The first kappa shape index (κ1) is 16.8. The molecule has 0 aliphatic carbocycles. The number of benzene rings is 1. The van der Waals surface area contributed by atoms with Crippen LogP contribution in [0.5, 0.6) is 0 Å². The van der Waals surface area contributed by atoms with E-state index in [0.717, 1.165) is 35.8 Å². The standard InChI is InChI=1S/C19H19N5OS/c1-14-4-6-16(7-5-14)24-18(15-3-2-8-20-13-15)17(21-22-24)19(25)23-9-11-26-12-10-23/h2-8,13H,9-12H2,1H3. The normalized spacial score (nSPS) is 14.4. The Hall–Kier alpha value is -2.67. The molecule has 1 fully saturated rings. The number of amides is 1. The summed E-state index contributed by atoms with van der Waals surface area (Å²) in [6.45, 7) is 3.53. The average Bonchev–Trinajstić information content (AvgIpc) is 3.14. The summed E-state index contributed by atoms with van der Waals surface area (Å²) in [5.41, 5.74) is 3.93. The molecule has 1 aliphatic heterocycles. The maximum atomic E-state index is 13.1. The number of rotatable bonds is 3. The van der Waals surface area contributed by atoms with Crippen LogP contribution in [0.3, 0.4) is 0 Å². The van der Waals surface area contributed by atoms with Crippen LogP contribution >= 0.6 is 11.8 Å². The van der Waals surface area contributed by atoms with Gasteiger partial charge in [-0.1, -0.05) is 22.9 Å². The van der Waals surface area contributed by atoms with Crippen molar-refractivity contribution in [3.63, 3.8) is 0 Å². The van der Waals surface area contributed by atoms with Crippen molar-refractivity contribution in [2.24, 2.45) is 0 Å². The number of nitrogens with zero attached hydrogens (tertiary/aromatic N) is 5. The average molecular weight is 365 g/mol. The molecular weight excluding hydrogens is 346 g/mol. The first-order valence-electron chi connectivity index (χ1n) is 8.54.